The van der Waals surface area contributed by atoms with Crippen LogP contribution < -0.4 is 5.32 Å². The molecule has 2 nitrogen and oxygen atoms in total. The maximum absolute atomic E-state index is 11.7. The summed E-state index contributed by atoms with van der Waals surface area (Å²) in [5.41, 5.74) is 2.48. The van der Waals surface area contributed by atoms with E-state index < -0.39 is 0 Å². The molecule has 1 rings (SSSR count). The van der Waals surface area contributed by atoms with Crippen LogP contribution in [0.2, 0.25) is 0 Å². The van der Waals surface area contributed by atoms with E-state index in [9.17, 15) is 4.79 Å². The van der Waals surface area contributed by atoms with Crippen LogP contribution in [0.1, 0.15) is 38.3 Å². The Hall–Kier alpha value is -1.31. The van der Waals surface area contributed by atoms with Crippen molar-refractivity contribution in [3.05, 3.63) is 35.4 Å². The topological polar surface area (TPSA) is 29.1 Å². The molecule has 0 aliphatic rings. The normalized spacial score (nSPS) is 12.5. The number of aryl methyl sites for hydroxylation is 2. The highest BCUT2D eigenvalue weighted by atomic mass is 16.1. The van der Waals surface area contributed by atoms with Gasteiger partial charge in [0.2, 0.25) is 5.91 Å². The van der Waals surface area contributed by atoms with Crippen molar-refractivity contribution >= 4 is 5.91 Å². The molecule has 1 atom stereocenters. The monoisotopic (exact) mass is 233 g/mol. The Morgan fingerprint density at radius 1 is 1.29 bits per heavy atom. The molecule has 0 heterocycles. The van der Waals surface area contributed by atoms with Crippen LogP contribution in [-0.4, -0.2) is 11.9 Å². The first-order valence-electron chi connectivity index (χ1n) is 6.34. The fourth-order valence-electron chi connectivity index (χ4n) is 1.62. The highest BCUT2D eigenvalue weighted by molar-refractivity contribution is 5.76. The van der Waals surface area contributed by atoms with Crippen molar-refractivity contribution in [1.82, 2.24) is 5.32 Å². The van der Waals surface area contributed by atoms with Crippen LogP contribution in [0.4, 0.5) is 0 Å². The smallest absolute Gasteiger partial charge is 0.220 e. The molecule has 2 heteroatoms. The third-order valence-corrected chi connectivity index (χ3v) is 3.11. The van der Waals surface area contributed by atoms with Gasteiger partial charge in [-0.3, -0.25) is 4.79 Å². The Morgan fingerprint density at radius 3 is 2.59 bits per heavy atom. The first kappa shape index (κ1) is 13.8. The Kier molecular flexibility index (Phi) is 5.20. The molecule has 1 N–H and O–H groups in total. The minimum absolute atomic E-state index is 0.146. The Labute approximate surface area is 104 Å². The third kappa shape index (κ3) is 5.03. The Balaban J connectivity index is 2.38. The fourth-order valence-corrected chi connectivity index (χ4v) is 1.62. The summed E-state index contributed by atoms with van der Waals surface area (Å²) in [5.74, 6) is 0.630. The Bertz CT molecular complexity index is 371. The summed E-state index contributed by atoms with van der Waals surface area (Å²) in [6.45, 7) is 8.36. The number of carbonyl (C=O) groups excluding carboxylic acids is 1. The summed E-state index contributed by atoms with van der Waals surface area (Å²) >= 11 is 0. The van der Waals surface area contributed by atoms with Crippen molar-refractivity contribution in [3.63, 3.8) is 0 Å². The molecule has 0 aliphatic carbocycles. The highest BCUT2D eigenvalue weighted by Crippen LogP contribution is 2.07. The first-order chi connectivity index (χ1) is 7.99. The molecule has 0 saturated carbocycles. The van der Waals surface area contributed by atoms with Gasteiger partial charge in [0.15, 0.2) is 0 Å². The standard InChI is InChI=1S/C15H23NO/c1-11(2)13(4)16-15(17)9-8-14-7-5-6-12(3)10-14/h5-7,10-11,13H,8-9H2,1-4H3,(H,16,17)/t13-/m0/s1. The molecule has 0 spiro atoms. The van der Waals surface area contributed by atoms with E-state index in [4.69, 9.17) is 0 Å². The van der Waals surface area contributed by atoms with Crippen molar-refractivity contribution in [2.24, 2.45) is 5.92 Å². The maximum atomic E-state index is 11.7. The van der Waals surface area contributed by atoms with Crippen molar-refractivity contribution < 1.29 is 4.79 Å². The van der Waals surface area contributed by atoms with Crippen molar-refractivity contribution in [1.29, 1.82) is 0 Å². The van der Waals surface area contributed by atoms with E-state index in [1.165, 1.54) is 11.1 Å². The second kappa shape index (κ2) is 6.43. The van der Waals surface area contributed by atoms with Gasteiger partial charge < -0.3 is 5.32 Å². The van der Waals surface area contributed by atoms with E-state index in [-0.39, 0.29) is 11.9 Å². The van der Waals surface area contributed by atoms with Gasteiger partial charge >= 0.3 is 0 Å². The van der Waals surface area contributed by atoms with E-state index in [1.807, 2.05) is 6.07 Å². The lowest BCUT2D eigenvalue weighted by molar-refractivity contribution is -0.121. The zero-order valence-electron chi connectivity index (χ0n) is 11.3. The van der Waals surface area contributed by atoms with Crippen LogP contribution in [-0.2, 0) is 11.2 Å². The second-order valence-electron chi connectivity index (χ2n) is 5.09. The summed E-state index contributed by atoms with van der Waals surface area (Å²) in [6.07, 6.45) is 1.39. The zero-order valence-corrected chi connectivity index (χ0v) is 11.3. The van der Waals surface area contributed by atoms with Gasteiger partial charge in [-0.25, -0.2) is 0 Å². The lowest BCUT2D eigenvalue weighted by atomic mass is 10.0. The van der Waals surface area contributed by atoms with Gasteiger partial charge in [-0.1, -0.05) is 43.7 Å². The minimum atomic E-state index is 0.146. The third-order valence-electron chi connectivity index (χ3n) is 3.11. The molecule has 0 saturated heterocycles. The summed E-state index contributed by atoms with van der Waals surface area (Å²) in [7, 11) is 0. The van der Waals surface area contributed by atoms with Crippen LogP contribution in [0.15, 0.2) is 24.3 Å². The van der Waals surface area contributed by atoms with Gasteiger partial charge in [-0.15, -0.1) is 0 Å². The number of carbonyl (C=O) groups is 1. The predicted octanol–water partition coefficient (Wildman–Crippen LogP) is 3.09. The van der Waals surface area contributed by atoms with Crippen LogP contribution in [0.5, 0.6) is 0 Å². The predicted molar refractivity (Wildman–Crippen MR) is 71.9 cm³/mol. The Morgan fingerprint density at radius 2 is 2.00 bits per heavy atom. The van der Waals surface area contributed by atoms with Gasteiger partial charge in [-0.05, 0) is 31.7 Å². The van der Waals surface area contributed by atoms with Crippen LogP contribution in [0.3, 0.4) is 0 Å². The summed E-state index contributed by atoms with van der Waals surface area (Å²) < 4.78 is 0. The summed E-state index contributed by atoms with van der Waals surface area (Å²) in [5, 5.41) is 3.03. The average molecular weight is 233 g/mol. The lowest BCUT2D eigenvalue weighted by Gasteiger charge is -2.17. The van der Waals surface area contributed by atoms with Crippen LogP contribution in [0, 0.1) is 12.8 Å². The molecule has 0 aliphatic heterocycles. The van der Waals surface area contributed by atoms with Crippen molar-refractivity contribution in [2.45, 2.75) is 46.6 Å². The highest BCUT2D eigenvalue weighted by Gasteiger charge is 2.10. The number of hydrogen-bond acceptors (Lipinski definition) is 1. The molecule has 1 aromatic carbocycles. The zero-order chi connectivity index (χ0) is 12.8. The summed E-state index contributed by atoms with van der Waals surface area (Å²) in [4.78, 5) is 11.7. The molecular formula is C15H23NO. The molecule has 1 amide bonds. The fraction of sp³-hybridized carbons (Fsp3) is 0.533. The number of benzene rings is 1. The molecule has 17 heavy (non-hydrogen) atoms. The molecule has 0 fully saturated rings. The van der Waals surface area contributed by atoms with Crippen LogP contribution in [0.25, 0.3) is 0 Å². The average Bonchev–Trinajstić information content (AvgIpc) is 2.26. The molecule has 0 bridgehead atoms. The molecule has 0 unspecified atom stereocenters. The van der Waals surface area contributed by atoms with Gasteiger partial charge in [-0.2, -0.15) is 0 Å². The second-order valence-corrected chi connectivity index (χ2v) is 5.09. The first-order valence-corrected chi connectivity index (χ1v) is 6.34. The number of amides is 1. The van der Waals surface area contributed by atoms with Gasteiger partial charge in [0.05, 0.1) is 0 Å². The lowest BCUT2D eigenvalue weighted by Crippen LogP contribution is -2.36. The van der Waals surface area contributed by atoms with E-state index >= 15 is 0 Å². The van der Waals surface area contributed by atoms with E-state index in [1.54, 1.807) is 0 Å². The molecule has 1 aromatic rings. The maximum Gasteiger partial charge on any atom is 0.220 e. The minimum Gasteiger partial charge on any atom is -0.353 e. The summed E-state index contributed by atoms with van der Waals surface area (Å²) in [6, 6.07) is 8.58. The van der Waals surface area contributed by atoms with E-state index in [0.717, 1.165) is 6.42 Å². The molecule has 0 radical (unpaired) electrons. The molecular weight excluding hydrogens is 210 g/mol. The quantitative estimate of drug-likeness (QED) is 0.832. The molecule has 0 aromatic heterocycles. The SMILES string of the molecule is Cc1cccc(CCC(=O)N[C@@H](C)C(C)C)c1. The number of hydrogen-bond donors (Lipinski definition) is 1. The van der Waals surface area contributed by atoms with Gasteiger partial charge in [0.1, 0.15) is 0 Å². The largest absolute Gasteiger partial charge is 0.353 e. The van der Waals surface area contributed by atoms with Crippen LogP contribution >= 0.6 is 0 Å². The van der Waals surface area contributed by atoms with Crippen molar-refractivity contribution in [2.75, 3.05) is 0 Å². The van der Waals surface area contributed by atoms with Crippen molar-refractivity contribution in [3.8, 4) is 0 Å². The number of rotatable bonds is 5. The van der Waals surface area contributed by atoms with E-state index in [0.29, 0.717) is 12.3 Å². The van der Waals surface area contributed by atoms with Gasteiger partial charge in [0.25, 0.3) is 0 Å². The van der Waals surface area contributed by atoms with Gasteiger partial charge in [0, 0.05) is 12.5 Å². The van der Waals surface area contributed by atoms with E-state index in [2.05, 4.69) is 51.2 Å². The number of nitrogens with one attached hydrogen (secondary N) is 1. The molecule has 94 valence electrons.